The van der Waals surface area contributed by atoms with Crippen molar-refractivity contribution < 1.29 is 14.3 Å². The SMILES string of the molecule is COc1ccc(/C(OC(C)=O)=C(/C#Cc2ccccc2)c2ccccc2)cc1. The largest absolute Gasteiger partial charge is 0.497 e. The highest BCUT2D eigenvalue weighted by molar-refractivity contribution is 5.98. The summed E-state index contributed by atoms with van der Waals surface area (Å²) in [5.74, 6) is 7.12. The Morgan fingerprint density at radius 3 is 1.96 bits per heavy atom. The molecule has 0 amide bonds. The molecular weight excluding hydrogens is 348 g/mol. The summed E-state index contributed by atoms with van der Waals surface area (Å²) in [5.41, 5.74) is 3.15. The number of hydrogen-bond acceptors (Lipinski definition) is 3. The molecule has 3 rings (SSSR count). The van der Waals surface area contributed by atoms with Gasteiger partial charge in [-0.15, -0.1) is 0 Å². The lowest BCUT2D eigenvalue weighted by atomic mass is 10.0. The summed E-state index contributed by atoms with van der Waals surface area (Å²) in [7, 11) is 1.61. The van der Waals surface area contributed by atoms with Gasteiger partial charge >= 0.3 is 5.97 Å². The minimum absolute atomic E-state index is 0.402. The van der Waals surface area contributed by atoms with Crippen molar-refractivity contribution in [3.05, 3.63) is 102 Å². The molecule has 28 heavy (non-hydrogen) atoms. The first-order valence-electron chi connectivity index (χ1n) is 8.87. The van der Waals surface area contributed by atoms with Crippen LogP contribution in [-0.2, 0) is 9.53 Å². The summed E-state index contributed by atoms with van der Waals surface area (Å²) in [5, 5.41) is 0. The highest BCUT2D eigenvalue weighted by atomic mass is 16.5. The lowest BCUT2D eigenvalue weighted by Gasteiger charge is -2.12. The molecule has 3 nitrogen and oxygen atoms in total. The van der Waals surface area contributed by atoms with E-state index in [1.54, 1.807) is 7.11 Å². The Kier molecular flexibility index (Phi) is 6.28. The molecule has 0 radical (unpaired) electrons. The number of ether oxygens (including phenoxy) is 2. The highest BCUT2D eigenvalue weighted by Gasteiger charge is 2.14. The fraction of sp³-hybridized carbons (Fsp3) is 0.0800. The Bertz CT molecular complexity index is 1020. The number of rotatable bonds is 4. The smallest absolute Gasteiger partial charge is 0.308 e. The molecule has 3 aromatic carbocycles. The molecule has 0 saturated carbocycles. The van der Waals surface area contributed by atoms with Crippen LogP contribution < -0.4 is 4.74 Å². The van der Waals surface area contributed by atoms with Gasteiger partial charge in [0.05, 0.1) is 12.7 Å². The van der Waals surface area contributed by atoms with E-state index in [0.29, 0.717) is 11.3 Å². The van der Waals surface area contributed by atoms with Gasteiger partial charge in [-0.3, -0.25) is 4.79 Å². The topological polar surface area (TPSA) is 35.5 Å². The second-order valence-electron chi connectivity index (χ2n) is 6.01. The molecule has 0 N–H and O–H groups in total. The number of carbonyl (C=O) groups excluding carboxylic acids is 1. The maximum atomic E-state index is 11.8. The van der Waals surface area contributed by atoms with Crippen molar-refractivity contribution in [3.63, 3.8) is 0 Å². The third kappa shape index (κ3) is 4.90. The lowest BCUT2D eigenvalue weighted by Crippen LogP contribution is -2.02. The zero-order chi connectivity index (χ0) is 19.8. The van der Waals surface area contributed by atoms with Gasteiger partial charge in [-0.05, 0) is 42.0 Å². The number of carbonyl (C=O) groups is 1. The van der Waals surface area contributed by atoms with Gasteiger partial charge in [0.25, 0.3) is 0 Å². The molecule has 0 aliphatic heterocycles. The summed E-state index contributed by atoms with van der Waals surface area (Å²) in [4.78, 5) is 11.8. The Balaban J connectivity index is 2.20. The van der Waals surface area contributed by atoms with E-state index in [0.717, 1.165) is 22.4 Å². The third-order valence-corrected chi connectivity index (χ3v) is 3.99. The van der Waals surface area contributed by atoms with Crippen LogP contribution in [-0.4, -0.2) is 13.1 Å². The van der Waals surface area contributed by atoms with E-state index in [1.165, 1.54) is 6.92 Å². The van der Waals surface area contributed by atoms with E-state index in [2.05, 4.69) is 11.8 Å². The zero-order valence-electron chi connectivity index (χ0n) is 15.8. The van der Waals surface area contributed by atoms with E-state index in [1.807, 2.05) is 84.9 Å². The molecule has 0 heterocycles. The first-order valence-corrected chi connectivity index (χ1v) is 8.87. The van der Waals surface area contributed by atoms with Crippen molar-refractivity contribution in [3.8, 4) is 17.6 Å². The molecule has 0 aliphatic carbocycles. The van der Waals surface area contributed by atoms with Gasteiger partial charge in [-0.2, -0.15) is 0 Å². The number of methoxy groups -OCH3 is 1. The van der Waals surface area contributed by atoms with Crippen LogP contribution in [0.25, 0.3) is 11.3 Å². The van der Waals surface area contributed by atoms with Crippen LogP contribution in [0.15, 0.2) is 84.9 Å². The monoisotopic (exact) mass is 368 g/mol. The van der Waals surface area contributed by atoms with Crippen molar-refractivity contribution in [2.75, 3.05) is 7.11 Å². The molecule has 0 fully saturated rings. The van der Waals surface area contributed by atoms with Gasteiger partial charge in [-0.25, -0.2) is 0 Å². The molecular formula is C25H20O3. The normalized spacial score (nSPS) is 10.9. The first-order chi connectivity index (χ1) is 13.7. The summed E-state index contributed by atoms with van der Waals surface area (Å²) >= 11 is 0. The molecule has 0 atom stereocenters. The molecule has 0 saturated heterocycles. The van der Waals surface area contributed by atoms with Crippen molar-refractivity contribution in [1.29, 1.82) is 0 Å². The maximum Gasteiger partial charge on any atom is 0.308 e. The summed E-state index contributed by atoms with van der Waals surface area (Å²) < 4.78 is 10.8. The molecule has 138 valence electrons. The van der Waals surface area contributed by atoms with Gasteiger partial charge in [0.15, 0.2) is 5.76 Å². The molecule has 0 unspecified atom stereocenters. The average Bonchev–Trinajstić information content (AvgIpc) is 2.74. The zero-order valence-corrected chi connectivity index (χ0v) is 15.8. The molecule has 3 aromatic rings. The second-order valence-corrected chi connectivity index (χ2v) is 6.01. The number of hydrogen-bond donors (Lipinski definition) is 0. The van der Waals surface area contributed by atoms with Crippen LogP contribution in [0.3, 0.4) is 0 Å². The Morgan fingerprint density at radius 2 is 1.39 bits per heavy atom. The minimum Gasteiger partial charge on any atom is -0.497 e. The quantitative estimate of drug-likeness (QED) is 0.276. The van der Waals surface area contributed by atoms with Crippen molar-refractivity contribution in [1.82, 2.24) is 0 Å². The number of benzene rings is 3. The van der Waals surface area contributed by atoms with Crippen LogP contribution in [0.5, 0.6) is 5.75 Å². The van der Waals surface area contributed by atoms with Gasteiger partial charge < -0.3 is 9.47 Å². The second kappa shape index (κ2) is 9.25. The maximum absolute atomic E-state index is 11.8. The Morgan fingerprint density at radius 1 is 0.786 bits per heavy atom. The summed E-state index contributed by atoms with van der Waals surface area (Å²) in [6.07, 6.45) is 0. The van der Waals surface area contributed by atoms with Crippen molar-refractivity contribution in [2.24, 2.45) is 0 Å². The summed E-state index contributed by atoms with van der Waals surface area (Å²) in [6.45, 7) is 1.39. The predicted molar refractivity (Wildman–Crippen MR) is 111 cm³/mol. The van der Waals surface area contributed by atoms with Gasteiger partial charge in [0.1, 0.15) is 5.75 Å². The predicted octanol–water partition coefficient (Wildman–Crippen LogP) is 5.18. The third-order valence-electron chi connectivity index (χ3n) is 3.99. The molecule has 0 spiro atoms. The van der Waals surface area contributed by atoms with E-state index in [-0.39, 0.29) is 0 Å². The average molecular weight is 368 g/mol. The Hall–Kier alpha value is -3.77. The minimum atomic E-state index is -0.402. The highest BCUT2D eigenvalue weighted by Crippen LogP contribution is 2.28. The fourth-order valence-corrected chi connectivity index (χ4v) is 2.66. The molecule has 0 aromatic heterocycles. The van der Waals surface area contributed by atoms with Crippen molar-refractivity contribution in [2.45, 2.75) is 6.92 Å². The lowest BCUT2D eigenvalue weighted by molar-refractivity contribution is -0.134. The van der Waals surface area contributed by atoms with Gasteiger partial charge in [-0.1, -0.05) is 60.4 Å². The summed E-state index contributed by atoms with van der Waals surface area (Å²) in [6, 6.07) is 26.7. The van der Waals surface area contributed by atoms with E-state index in [4.69, 9.17) is 9.47 Å². The van der Waals surface area contributed by atoms with Crippen LogP contribution in [0.2, 0.25) is 0 Å². The van der Waals surface area contributed by atoms with Gasteiger partial charge in [0.2, 0.25) is 0 Å². The number of allylic oxidation sites excluding steroid dienone is 1. The van der Waals surface area contributed by atoms with E-state index in [9.17, 15) is 4.79 Å². The van der Waals surface area contributed by atoms with Crippen LogP contribution in [0.4, 0.5) is 0 Å². The van der Waals surface area contributed by atoms with E-state index >= 15 is 0 Å². The standard InChI is InChI=1S/C25H20O3/c1-19(26)28-25(22-14-16-23(27-2)17-15-22)24(21-11-7-4-8-12-21)18-13-20-9-5-3-6-10-20/h3-12,14-17H,1-2H3/b25-24+. The van der Waals surface area contributed by atoms with Crippen LogP contribution >= 0.6 is 0 Å². The molecule has 3 heteroatoms. The van der Waals surface area contributed by atoms with E-state index < -0.39 is 5.97 Å². The van der Waals surface area contributed by atoms with Gasteiger partial charge in [0, 0.05) is 18.1 Å². The van der Waals surface area contributed by atoms with Crippen LogP contribution in [0, 0.1) is 11.8 Å². The van der Waals surface area contributed by atoms with Crippen molar-refractivity contribution >= 4 is 17.3 Å². The molecule has 0 bridgehead atoms. The Labute approximate surface area is 165 Å². The molecule has 0 aliphatic rings. The first kappa shape index (κ1) is 19.0. The number of esters is 1. The van der Waals surface area contributed by atoms with Crippen LogP contribution in [0.1, 0.15) is 23.6 Å². The fourth-order valence-electron chi connectivity index (χ4n) is 2.66.